The Morgan fingerprint density at radius 2 is 2.28 bits per heavy atom. The average molecular weight is 307 g/mol. The van der Waals surface area contributed by atoms with E-state index in [0.717, 1.165) is 11.3 Å². The molecule has 1 N–H and O–H groups in total. The molecule has 0 saturated carbocycles. The summed E-state index contributed by atoms with van der Waals surface area (Å²) in [4.78, 5) is 3.72. The third-order valence-electron chi connectivity index (χ3n) is 2.21. The molecule has 2 aromatic rings. The molecule has 0 atom stereocenters. The average Bonchev–Trinajstić information content (AvgIpc) is 2.84. The van der Waals surface area contributed by atoms with Gasteiger partial charge in [0.15, 0.2) is 8.68 Å². The first-order chi connectivity index (χ1) is 8.42. The Morgan fingerprint density at radius 1 is 1.56 bits per heavy atom. The number of nitrogens with zero attached hydrogens (tertiary/aromatic N) is 3. The van der Waals surface area contributed by atoms with Crippen molar-refractivity contribution >= 4 is 38.6 Å². The van der Waals surface area contributed by atoms with Crippen LogP contribution in [0.3, 0.4) is 0 Å². The number of aryl methyl sites for hydroxylation is 2. The molecule has 98 valence electrons. The Hall–Kier alpha value is -1.12. The molecular formula is C9H11ClN4O2S2. The molecule has 9 heteroatoms. The highest BCUT2D eigenvalue weighted by molar-refractivity contribution is 7.94. The van der Waals surface area contributed by atoms with Crippen LogP contribution < -0.4 is 4.72 Å². The largest absolute Gasteiger partial charge is 0.275 e. The molecule has 0 aliphatic heterocycles. The monoisotopic (exact) mass is 306 g/mol. The summed E-state index contributed by atoms with van der Waals surface area (Å²) in [6.45, 7) is 1.91. The standard InChI is InChI=1S/C9H11ClN4O2S2/c1-3-6-7(5-14(2)12-6)13-18(15,16)8-4-11-9(10)17-8/h4-5,13H,3H2,1-2H3. The van der Waals surface area contributed by atoms with Crippen molar-refractivity contribution < 1.29 is 8.42 Å². The van der Waals surface area contributed by atoms with Gasteiger partial charge in [-0.05, 0) is 6.42 Å². The zero-order chi connectivity index (χ0) is 13.3. The van der Waals surface area contributed by atoms with Crippen molar-refractivity contribution in [3.63, 3.8) is 0 Å². The number of aromatic nitrogens is 3. The topological polar surface area (TPSA) is 76.9 Å². The summed E-state index contributed by atoms with van der Waals surface area (Å²) < 4.78 is 28.4. The van der Waals surface area contributed by atoms with E-state index in [2.05, 4.69) is 14.8 Å². The second kappa shape index (κ2) is 4.87. The Balaban J connectivity index is 2.33. The molecule has 0 unspecified atom stereocenters. The first-order valence-electron chi connectivity index (χ1n) is 5.09. The highest BCUT2D eigenvalue weighted by Crippen LogP contribution is 2.25. The summed E-state index contributed by atoms with van der Waals surface area (Å²) in [6, 6.07) is 0. The molecule has 0 aromatic carbocycles. The zero-order valence-electron chi connectivity index (χ0n) is 9.71. The maximum atomic E-state index is 12.1. The molecule has 0 bridgehead atoms. The summed E-state index contributed by atoms with van der Waals surface area (Å²) >= 11 is 6.54. The second-order valence-electron chi connectivity index (χ2n) is 3.55. The molecule has 2 heterocycles. The molecular weight excluding hydrogens is 296 g/mol. The molecule has 2 rings (SSSR count). The highest BCUT2D eigenvalue weighted by atomic mass is 35.5. The van der Waals surface area contributed by atoms with Crippen molar-refractivity contribution in [1.82, 2.24) is 14.8 Å². The third kappa shape index (κ3) is 2.65. The lowest BCUT2D eigenvalue weighted by Crippen LogP contribution is -2.12. The van der Waals surface area contributed by atoms with Gasteiger partial charge in [0.2, 0.25) is 0 Å². The number of hydrogen-bond acceptors (Lipinski definition) is 5. The fraction of sp³-hybridized carbons (Fsp3) is 0.333. The van der Waals surface area contributed by atoms with Crippen LogP contribution >= 0.6 is 22.9 Å². The fourth-order valence-electron chi connectivity index (χ4n) is 1.44. The molecule has 0 aliphatic rings. The van der Waals surface area contributed by atoms with E-state index in [0.29, 0.717) is 17.8 Å². The van der Waals surface area contributed by atoms with Gasteiger partial charge in [-0.2, -0.15) is 5.10 Å². The van der Waals surface area contributed by atoms with E-state index >= 15 is 0 Å². The Bertz CT molecular complexity index is 662. The molecule has 0 spiro atoms. The number of nitrogens with one attached hydrogen (secondary N) is 1. The van der Waals surface area contributed by atoms with Gasteiger partial charge in [-0.25, -0.2) is 13.4 Å². The summed E-state index contributed by atoms with van der Waals surface area (Å²) in [6.07, 6.45) is 3.50. The van der Waals surface area contributed by atoms with Crippen molar-refractivity contribution in [3.8, 4) is 0 Å². The summed E-state index contributed by atoms with van der Waals surface area (Å²) in [7, 11) is -1.91. The third-order valence-corrected chi connectivity index (χ3v) is 5.15. The van der Waals surface area contributed by atoms with Crippen LogP contribution in [0.4, 0.5) is 5.69 Å². The number of hydrogen-bond donors (Lipinski definition) is 1. The molecule has 0 radical (unpaired) electrons. The van der Waals surface area contributed by atoms with E-state index in [1.54, 1.807) is 17.9 Å². The zero-order valence-corrected chi connectivity index (χ0v) is 12.1. The first-order valence-corrected chi connectivity index (χ1v) is 7.77. The van der Waals surface area contributed by atoms with Gasteiger partial charge in [0.1, 0.15) is 0 Å². The normalized spacial score (nSPS) is 11.7. The molecule has 6 nitrogen and oxygen atoms in total. The van der Waals surface area contributed by atoms with E-state index in [1.807, 2.05) is 6.92 Å². The van der Waals surface area contributed by atoms with Gasteiger partial charge in [0, 0.05) is 13.2 Å². The summed E-state index contributed by atoms with van der Waals surface area (Å²) in [5.41, 5.74) is 1.17. The lowest BCUT2D eigenvalue weighted by molar-refractivity contribution is 0.603. The van der Waals surface area contributed by atoms with E-state index in [1.165, 1.54) is 6.20 Å². The molecule has 0 aliphatic carbocycles. The van der Waals surface area contributed by atoms with Gasteiger partial charge in [0.05, 0.1) is 17.6 Å². The van der Waals surface area contributed by atoms with Crippen LogP contribution in [-0.4, -0.2) is 23.2 Å². The maximum absolute atomic E-state index is 12.1. The SMILES string of the molecule is CCc1nn(C)cc1NS(=O)(=O)c1cnc(Cl)s1. The van der Waals surface area contributed by atoms with Crippen LogP contribution in [0.1, 0.15) is 12.6 Å². The Labute approximate surface area is 114 Å². The fourth-order valence-corrected chi connectivity index (χ4v) is 3.80. The lowest BCUT2D eigenvalue weighted by Gasteiger charge is -2.04. The van der Waals surface area contributed by atoms with Crippen molar-refractivity contribution in [3.05, 3.63) is 22.6 Å². The molecule has 0 amide bonds. The number of rotatable bonds is 4. The minimum Gasteiger partial charge on any atom is -0.275 e. The lowest BCUT2D eigenvalue weighted by atomic mass is 10.3. The van der Waals surface area contributed by atoms with Crippen LogP contribution in [0, 0.1) is 0 Å². The minimum absolute atomic E-state index is 0.0819. The quantitative estimate of drug-likeness (QED) is 0.936. The molecule has 0 fully saturated rings. The predicted octanol–water partition coefficient (Wildman–Crippen LogP) is 1.89. The van der Waals surface area contributed by atoms with E-state index in [-0.39, 0.29) is 8.68 Å². The summed E-state index contributed by atoms with van der Waals surface area (Å²) in [5, 5.41) is 4.16. The summed E-state index contributed by atoms with van der Waals surface area (Å²) in [5.74, 6) is 0. The first kappa shape index (κ1) is 13.3. The van der Waals surface area contributed by atoms with Crippen molar-refractivity contribution in [2.45, 2.75) is 17.6 Å². The molecule has 18 heavy (non-hydrogen) atoms. The number of halogens is 1. The van der Waals surface area contributed by atoms with Crippen LogP contribution in [-0.2, 0) is 23.5 Å². The Kier molecular flexibility index (Phi) is 3.60. The van der Waals surface area contributed by atoms with E-state index in [9.17, 15) is 8.42 Å². The highest BCUT2D eigenvalue weighted by Gasteiger charge is 2.20. The predicted molar refractivity (Wildman–Crippen MR) is 70.5 cm³/mol. The van der Waals surface area contributed by atoms with Crippen LogP contribution in [0.5, 0.6) is 0 Å². The van der Waals surface area contributed by atoms with E-state index < -0.39 is 10.0 Å². The van der Waals surface area contributed by atoms with Crippen molar-refractivity contribution in [2.24, 2.45) is 7.05 Å². The van der Waals surface area contributed by atoms with Gasteiger partial charge >= 0.3 is 0 Å². The van der Waals surface area contributed by atoms with Gasteiger partial charge in [-0.3, -0.25) is 9.40 Å². The van der Waals surface area contributed by atoms with Crippen molar-refractivity contribution in [1.29, 1.82) is 0 Å². The van der Waals surface area contributed by atoms with Gasteiger partial charge in [-0.1, -0.05) is 29.9 Å². The minimum atomic E-state index is -3.64. The van der Waals surface area contributed by atoms with Gasteiger partial charge < -0.3 is 0 Å². The van der Waals surface area contributed by atoms with Crippen LogP contribution in [0.15, 0.2) is 16.6 Å². The smallest absolute Gasteiger partial charge is 0.273 e. The number of sulfonamides is 1. The van der Waals surface area contributed by atoms with Gasteiger partial charge in [0.25, 0.3) is 10.0 Å². The molecule has 2 aromatic heterocycles. The number of thiazole rings is 1. The molecule has 0 saturated heterocycles. The maximum Gasteiger partial charge on any atom is 0.273 e. The van der Waals surface area contributed by atoms with Crippen LogP contribution in [0.2, 0.25) is 4.47 Å². The van der Waals surface area contributed by atoms with E-state index in [4.69, 9.17) is 11.6 Å². The second-order valence-corrected chi connectivity index (χ2v) is 7.08. The van der Waals surface area contributed by atoms with Gasteiger partial charge in [-0.15, -0.1) is 0 Å². The number of anilines is 1. The van der Waals surface area contributed by atoms with Crippen molar-refractivity contribution in [2.75, 3.05) is 4.72 Å². The Morgan fingerprint density at radius 3 is 2.83 bits per heavy atom. The van der Waals surface area contributed by atoms with Crippen LogP contribution in [0.25, 0.3) is 0 Å².